The number of hydrogen-bond acceptors (Lipinski definition) is 7. The van der Waals surface area contributed by atoms with Crippen LogP contribution in [0.5, 0.6) is 0 Å². The quantitative estimate of drug-likeness (QED) is 0.261. The van der Waals surface area contributed by atoms with Crippen molar-refractivity contribution in [2.75, 3.05) is 6.79 Å². The monoisotopic (exact) mass is 464 g/mol. The summed E-state index contributed by atoms with van der Waals surface area (Å²) in [4.78, 5) is 24.5. The molecule has 5 saturated carbocycles. The molecule has 0 heterocycles. The maximum atomic E-state index is 12.8. The van der Waals surface area contributed by atoms with Crippen molar-refractivity contribution in [2.45, 2.75) is 121 Å². The highest BCUT2D eigenvalue weighted by atomic mass is 16.7. The van der Waals surface area contributed by atoms with Crippen molar-refractivity contribution in [1.29, 1.82) is 0 Å². The summed E-state index contributed by atoms with van der Waals surface area (Å²) in [5.41, 5.74) is -0.396. The predicted molar refractivity (Wildman–Crippen MR) is 121 cm³/mol. The Kier molecular flexibility index (Phi) is 7.51. The van der Waals surface area contributed by atoms with Crippen LogP contribution < -0.4 is 0 Å². The summed E-state index contributed by atoms with van der Waals surface area (Å²) in [5, 5.41) is 0. The van der Waals surface area contributed by atoms with Gasteiger partial charge in [-0.3, -0.25) is 0 Å². The minimum Gasteiger partial charge on any atom is -0.435 e. The molecule has 4 unspecified atom stereocenters. The molecule has 0 N–H and O–H groups in total. The van der Waals surface area contributed by atoms with Crippen molar-refractivity contribution < 1.29 is 33.3 Å². The molecule has 0 aromatic rings. The van der Waals surface area contributed by atoms with Crippen molar-refractivity contribution in [1.82, 2.24) is 0 Å². The molecule has 5 aliphatic rings. The van der Waals surface area contributed by atoms with Gasteiger partial charge in [-0.2, -0.15) is 0 Å². The van der Waals surface area contributed by atoms with Gasteiger partial charge < -0.3 is 23.7 Å². The van der Waals surface area contributed by atoms with E-state index in [0.717, 1.165) is 38.5 Å². The lowest BCUT2D eigenvalue weighted by atomic mass is 9.52. The lowest BCUT2D eigenvalue weighted by Gasteiger charge is -2.61. The Labute approximate surface area is 197 Å². The summed E-state index contributed by atoms with van der Waals surface area (Å²) >= 11 is 0. The second-order valence-electron chi connectivity index (χ2n) is 11.0. The number of hydrogen-bond donors (Lipinski definition) is 0. The van der Waals surface area contributed by atoms with Gasteiger partial charge >= 0.3 is 11.9 Å². The number of esters is 2. The molecule has 0 saturated heterocycles. The Bertz CT molecular complexity index is 727. The van der Waals surface area contributed by atoms with E-state index in [2.05, 4.69) is 6.58 Å². The molecule has 0 aromatic heterocycles. The molecule has 0 aliphatic heterocycles. The largest absolute Gasteiger partial charge is 0.435 e. The van der Waals surface area contributed by atoms with Gasteiger partial charge in [0.05, 0.1) is 17.3 Å². The first-order valence-corrected chi connectivity index (χ1v) is 12.7. The molecule has 5 aliphatic carbocycles. The normalized spacial score (nSPS) is 35.1. The Morgan fingerprint density at radius 2 is 1.64 bits per heavy atom. The van der Waals surface area contributed by atoms with Crippen LogP contribution in [-0.2, 0) is 33.3 Å². The molecular formula is C26H40O7. The lowest BCUT2D eigenvalue weighted by molar-refractivity contribution is -0.267. The molecule has 5 rings (SSSR count). The first-order chi connectivity index (χ1) is 15.7. The van der Waals surface area contributed by atoms with Crippen molar-refractivity contribution in [3.05, 3.63) is 12.2 Å². The Hall–Kier alpha value is -1.44. The molecule has 0 radical (unpaired) electrons. The molecule has 0 amide bonds. The fraction of sp³-hybridized carbons (Fsp3) is 0.846. The van der Waals surface area contributed by atoms with Gasteiger partial charge in [0.25, 0.3) is 0 Å². The number of rotatable bonds is 10. The van der Waals surface area contributed by atoms with Crippen LogP contribution in [0.2, 0.25) is 0 Å². The third kappa shape index (κ3) is 5.98. The van der Waals surface area contributed by atoms with E-state index < -0.39 is 24.0 Å². The van der Waals surface area contributed by atoms with E-state index in [1.807, 2.05) is 0 Å². The Balaban J connectivity index is 1.31. The van der Waals surface area contributed by atoms with Crippen molar-refractivity contribution in [3.8, 4) is 0 Å². The number of carbonyl (C=O) groups excluding carboxylic acids is 2. The molecule has 4 bridgehead atoms. The topological polar surface area (TPSA) is 80.3 Å². The minimum atomic E-state index is -0.669. The van der Waals surface area contributed by atoms with E-state index in [1.54, 1.807) is 20.8 Å². The van der Waals surface area contributed by atoms with Crippen LogP contribution in [0.4, 0.5) is 0 Å². The zero-order valence-electron chi connectivity index (χ0n) is 20.4. The molecule has 5 fully saturated rings. The van der Waals surface area contributed by atoms with Crippen LogP contribution in [0.25, 0.3) is 0 Å². The van der Waals surface area contributed by atoms with Crippen LogP contribution in [0.3, 0.4) is 0 Å². The van der Waals surface area contributed by atoms with Crippen LogP contribution in [0.15, 0.2) is 12.2 Å². The van der Waals surface area contributed by atoms with Gasteiger partial charge in [-0.1, -0.05) is 25.8 Å². The molecule has 7 heteroatoms. The molecule has 7 nitrogen and oxygen atoms in total. The molecule has 0 aromatic carbocycles. The van der Waals surface area contributed by atoms with E-state index in [-0.39, 0.29) is 24.5 Å². The van der Waals surface area contributed by atoms with Crippen LogP contribution >= 0.6 is 0 Å². The van der Waals surface area contributed by atoms with Gasteiger partial charge in [-0.15, -0.1) is 0 Å². The first-order valence-electron chi connectivity index (χ1n) is 12.7. The van der Waals surface area contributed by atoms with E-state index in [0.29, 0.717) is 23.8 Å². The highest BCUT2D eigenvalue weighted by Crippen LogP contribution is 2.60. The first kappa shape index (κ1) is 24.7. The second kappa shape index (κ2) is 10.0. The van der Waals surface area contributed by atoms with Gasteiger partial charge in [-0.25, -0.2) is 9.59 Å². The smallest absolute Gasteiger partial charge is 0.337 e. The fourth-order valence-corrected chi connectivity index (χ4v) is 6.92. The van der Waals surface area contributed by atoms with Gasteiger partial charge in [0, 0.05) is 12.0 Å². The Morgan fingerprint density at radius 1 is 1.00 bits per heavy atom. The van der Waals surface area contributed by atoms with Crippen LogP contribution in [0, 0.1) is 11.8 Å². The molecule has 33 heavy (non-hydrogen) atoms. The van der Waals surface area contributed by atoms with E-state index in [4.69, 9.17) is 23.7 Å². The lowest BCUT2D eigenvalue weighted by Crippen LogP contribution is -2.62. The van der Waals surface area contributed by atoms with E-state index >= 15 is 0 Å². The predicted octanol–water partition coefficient (Wildman–Crippen LogP) is 4.81. The molecular weight excluding hydrogens is 424 g/mol. The number of ether oxygens (including phenoxy) is 5. The summed E-state index contributed by atoms with van der Waals surface area (Å²) in [6.45, 7) is 8.72. The number of carbonyl (C=O) groups is 2. The maximum Gasteiger partial charge on any atom is 0.337 e. The molecule has 0 spiro atoms. The van der Waals surface area contributed by atoms with Gasteiger partial charge in [-0.05, 0) is 77.6 Å². The third-order valence-electron chi connectivity index (χ3n) is 7.83. The van der Waals surface area contributed by atoms with Gasteiger partial charge in [0.1, 0.15) is 0 Å². The van der Waals surface area contributed by atoms with Crippen LogP contribution in [-0.4, -0.2) is 48.4 Å². The van der Waals surface area contributed by atoms with Crippen LogP contribution in [0.1, 0.15) is 91.4 Å². The summed E-state index contributed by atoms with van der Waals surface area (Å²) in [5.74, 6) is 0.186. The fourth-order valence-electron chi connectivity index (χ4n) is 6.92. The zero-order valence-corrected chi connectivity index (χ0v) is 20.4. The summed E-state index contributed by atoms with van der Waals surface area (Å²) in [7, 11) is 0. The minimum absolute atomic E-state index is 0.0746. The summed E-state index contributed by atoms with van der Waals surface area (Å²) in [6, 6.07) is 0. The van der Waals surface area contributed by atoms with Crippen molar-refractivity contribution in [3.63, 3.8) is 0 Å². The van der Waals surface area contributed by atoms with E-state index in [1.165, 1.54) is 25.7 Å². The summed E-state index contributed by atoms with van der Waals surface area (Å²) < 4.78 is 29.4. The van der Waals surface area contributed by atoms with Crippen molar-refractivity contribution in [2.24, 2.45) is 11.8 Å². The average Bonchev–Trinajstić information content (AvgIpc) is 2.72. The SMILES string of the molecule is C=C(C)C(=O)OCOC12CC3CC(C1)CC(OC(C)C(=O)OC(C)OC1CCCCC1)(C3)C2. The standard InChI is InChI=1S/C26H40O7/c1-17(2)23(27)29-16-30-25-11-20-10-21(12-25)14-26(13-20,15-25)33-18(3)24(28)32-19(4)31-22-8-6-5-7-9-22/h18-22H,1,5-16H2,2-4H3. The van der Waals surface area contributed by atoms with E-state index in [9.17, 15) is 9.59 Å². The third-order valence-corrected chi connectivity index (χ3v) is 7.83. The average molecular weight is 465 g/mol. The highest BCUT2D eigenvalue weighted by molar-refractivity contribution is 5.86. The Morgan fingerprint density at radius 3 is 2.27 bits per heavy atom. The maximum absolute atomic E-state index is 12.8. The molecule has 4 atom stereocenters. The van der Waals surface area contributed by atoms with Gasteiger partial charge in [0.2, 0.25) is 6.29 Å². The van der Waals surface area contributed by atoms with Gasteiger partial charge in [0.15, 0.2) is 12.9 Å². The van der Waals surface area contributed by atoms with Crippen molar-refractivity contribution >= 4 is 11.9 Å². The summed E-state index contributed by atoms with van der Waals surface area (Å²) in [6.07, 6.45) is 10.3. The second-order valence-corrected chi connectivity index (χ2v) is 11.0. The zero-order chi connectivity index (χ0) is 23.6. The highest BCUT2D eigenvalue weighted by Gasteiger charge is 2.60. The molecule has 186 valence electrons.